The number of ether oxygens (including phenoxy) is 2. The number of hydrogen-bond donors (Lipinski definition) is 1. The molecule has 0 amide bonds. The van der Waals surface area contributed by atoms with Crippen LogP contribution in [0, 0.1) is 6.92 Å². The van der Waals surface area contributed by atoms with Crippen molar-refractivity contribution in [2.24, 2.45) is 0 Å². The van der Waals surface area contributed by atoms with Gasteiger partial charge in [-0.3, -0.25) is 0 Å². The molecule has 1 heterocycles. The number of rotatable bonds is 5. The van der Waals surface area contributed by atoms with E-state index in [0.717, 1.165) is 43.6 Å². The first-order chi connectivity index (χ1) is 9.24. The average Bonchev–Trinajstić information content (AvgIpc) is 2.44. The van der Waals surface area contributed by atoms with Crippen LogP contribution in [0.3, 0.4) is 0 Å². The molecule has 0 saturated heterocycles. The summed E-state index contributed by atoms with van der Waals surface area (Å²) in [5.74, 6) is 1.54. The van der Waals surface area contributed by atoms with E-state index in [-0.39, 0.29) is 6.10 Å². The zero-order chi connectivity index (χ0) is 13.7. The van der Waals surface area contributed by atoms with Crippen molar-refractivity contribution in [2.75, 3.05) is 19.0 Å². The van der Waals surface area contributed by atoms with Crippen molar-refractivity contribution >= 4 is 5.82 Å². The molecule has 1 fully saturated rings. The van der Waals surface area contributed by atoms with Crippen LogP contribution >= 0.6 is 0 Å². The van der Waals surface area contributed by atoms with Gasteiger partial charge in [-0.05, 0) is 33.1 Å². The Morgan fingerprint density at radius 3 is 2.84 bits per heavy atom. The van der Waals surface area contributed by atoms with Crippen LogP contribution in [0.4, 0.5) is 5.82 Å². The van der Waals surface area contributed by atoms with E-state index in [9.17, 15) is 0 Å². The van der Waals surface area contributed by atoms with E-state index in [1.807, 2.05) is 13.8 Å². The molecule has 2 atom stereocenters. The van der Waals surface area contributed by atoms with Crippen molar-refractivity contribution in [3.05, 3.63) is 11.9 Å². The van der Waals surface area contributed by atoms with E-state index >= 15 is 0 Å². The fourth-order valence-electron chi connectivity index (χ4n) is 2.48. The standard InChI is InChI=1S/C14H23N3O2/c1-4-15-13-10(2)14(17-9-16-13)19-12-7-5-6-11(8-12)18-3/h9,11-12H,4-8H2,1-3H3,(H,15,16,17). The second-order valence-electron chi connectivity index (χ2n) is 4.95. The number of aromatic nitrogens is 2. The second-order valence-corrected chi connectivity index (χ2v) is 4.95. The summed E-state index contributed by atoms with van der Waals surface area (Å²) >= 11 is 0. The number of nitrogens with one attached hydrogen (secondary N) is 1. The van der Waals surface area contributed by atoms with E-state index in [2.05, 4.69) is 15.3 Å². The van der Waals surface area contributed by atoms with E-state index in [1.54, 1.807) is 13.4 Å². The Morgan fingerprint density at radius 2 is 2.11 bits per heavy atom. The molecule has 106 valence electrons. The maximum absolute atomic E-state index is 6.03. The van der Waals surface area contributed by atoms with Gasteiger partial charge in [0.1, 0.15) is 18.2 Å². The minimum Gasteiger partial charge on any atom is -0.474 e. The molecule has 0 spiro atoms. The summed E-state index contributed by atoms with van der Waals surface area (Å²) in [5.41, 5.74) is 0.976. The van der Waals surface area contributed by atoms with Gasteiger partial charge in [-0.25, -0.2) is 9.97 Å². The summed E-state index contributed by atoms with van der Waals surface area (Å²) in [6.07, 6.45) is 6.35. The Morgan fingerprint density at radius 1 is 1.32 bits per heavy atom. The van der Waals surface area contributed by atoms with Crippen molar-refractivity contribution in [1.82, 2.24) is 9.97 Å². The van der Waals surface area contributed by atoms with Gasteiger partial charge >= 0.3 is 0 Å². The summed E-state index contributed by atoms with van der Waals surface area (Å²) < 4.78 is 11.5. The Balaban J connectivity index is 2.04. The van der Waals surface area contributed by atoms with Crippen LogP contribution in [-0.4, -0.2) is 35.8 Å². The normalized spacial score (nSPS) is 23.1. The van der Waals surface area contributed by atoms with Gasteiger partial charge in [0.15, 0.2) is 0 Å². The molecule has 0 aliphatic heterocycles. The summed E-state index contributed by atoms with van der Waals surface area (Å²) in [7, 11) is 1.77. The lowest BCUT2D eigenvalue weighted by molar-refractivity contribution is 0.0192. The highest BCUT2D eigenvalue weighted by Crippen LogP contribution is 2.27. The molecule has 1 N–H and O–H groups in total. The zero-order valence-corrected chi connectivity index (χ0v) is 12.0. The Hall–Kier alpha value is -1.36. The second kappa shape index (κ2) is 6.70. The van der Waals surface area contributed by atoms with Gasteiger partial charge in [0, 0.05) is 20.1 Å². The first-order valence-electron chi connectivity index (χ1n) is 6.99. The molecule has 0 bridgehead atoms. The quantitative estimate of drug-likeness (QED) is 0.886. The van der Waals surface area contributed by atoms with Crippen LogP contribution in [0.1, 0.15) is 38.2 Å². The highest BCUT2D eigenvalue weighted by Gasteiger charge is 2.24. The minimum atomic E-state index is 0.196. The smallest absolute Gasteiger partial charge is 0.221 e. The van der Waals surface area contributed by atoms with Crippen LogP contribution < -0.4 is 10.1 Å². The predicted octanol–water partition coefficient (Wildman–Crippen LogP) is 2.55. The molecule has 19 heavy (non-hydrogen) atoms. The Bertz CT molecular complexity index is 412. The molecule has 2 unspecified atom stereocenters. The molecular formula is C14H23N3O2. The Labute approximate surface area is 114 Å². The van der Waals surface area contributed by atoms with E-state index in [1.165, 1.54) is 0 Å². The van der Waals surface area contributed by atoms with Crippen molar-refractivity contribution in [2.45, 2.75) is 51.7 Å². The van der Waals surface area contributed by atoms with Gasteiger partial charge in [-0.1, -0.05) is 0 Å². The molecule has 1 aromatic heterocycles. The summed E-state index contributed by atoms with van der Waals surface area (Å²) in [6.45, 7) is 4.88. The summed E-state index contributed by atoms with van der Waals surface area (Å²) in [6, 6.07) is 0. The lowest BCUT2D eigenvalue weighted by Crippen LogP contribution is -2.30. The molecule has 1 aromatic rings. The third kappa shape index (κ3) is 3.56. The first kappa shape index (κ1) is 14.1. The van der Waals surface area contributed by atoms with Crippen molar-refractivity contribution in [1.29, 1.82) is 0 Å². The number of anilines is 1. The monoisotopic (exact) mass is 265 g/mol. The topological polar surface area (TPSA) is 56.3 Å². The van der Waals surface area contributed by atoms with Gasteiger partial charge in [0.05, 0.1) is 11.7 Å². The number of nitrogens with zero attached hydrogens (tertiary/aromatic N) is 2. The average molecular weight is 265 g/mol. The number of methoxy groups -OCH3 is 1. The van der Waals surface area contributed by atoms with Crippen molar-refractivity contribution in [3.8, 4) is 5.88 Å². The lowest BCUT2D eigenvalue weighted by atomic mass is 9.95. The molecule has 1 aliphatic rings. The first-order valence-corrected chi connectivity index (χ1v) is 6.99. The van der Waals surface area contributed by atoms with E-state index in [4.69, 9.17) is 9.47 Å². The summed E-state index contributed by atoms with van der Waals surface area (Å²) in [5, 5.41) is 3.22. The van der Waals surface area contributed by atoms with E-state index < -0.39 is 0 Å². The molecule has 0 aromatic carbocycles. The predicted molar refractivity (Wildman–Crippen MR) is 74.6 cm³/mol. The minimum absolute atomic E-state index is 0.196. The molecule has 1 saturated carbocycles. The molecule has 1 aliphatic carbocycles. The molecule has 5 nitrogen and oxygen atoms in total. The van der Waals surface area contributed by atoms with Crippen molar-refractivity contribution in [3.63, 3.8) is 0 Å². The van der Waals surface area contributed by atoms with Crippen LogP contribution in [0.25, 0.3) is 0 Å². The van der Waals surface area contributed by atoms with Gasteiger partial charge in [0.25, 0.3) is 0 Å². The molecular weight excluding hydrogens is 242 g/mol. The van der Waals surface area contributed by atoms with Crippen LogP contribution in [0.15, 0.2) is 6.33 Å². The highest BCUT2D eigenvalue weighted by molar-refractivity contribution is 5.47. The third-order valence-electron chi connectivity index (χ3n) is 3.57. The van der Waals surface area contributed by atoms with Gasteiger partial charge in [0.2, 0.25) is 5.88 Å². The molecule has 0 radical (unpaired) electrons. The van der Waals surface area contributed by atoms with Gasteiger partial charge in [-0.15, -0.1) is 0 Å². The van der Waals surface area contributed by atoms with Crippen LogP contribution in [0.5, 0.6) is 5.88 Å². The van der Waals surface area contributed by atoms with Gasteiger partial charge < -0.3 is 14.8 Å². The SMILES string of the molecule is CCNc1ncnc(OC2CCCC(OC)C2)c1C. The fourth-order valence-corrected chi connectivity index (χ4v) is 2.48. The Kier molecular flexibility index (Phi) is 4.96. The van der Waals surface area contributed by atoms with Gasteiger partial charge in [-0.2, -0.15) is 0 Å². The zero-order valence-electron chi connectivity index (χ0n) is 12.0. The maximum atomic E-state index is 6.03. The third-order valence-corrected chi connectivity index (χ3v) is 3.57. The molecule has 5 heteroatoms. The highest BCUT2D eigenvalue weighted by atomic mass is 16.5. The van der Waals surface area contributed by atoms with Crippen LogP contribution in [-0.2, 0) is 4.74 Å². The summed E-state index contributed by atoms with van der Waals surface area (Å²) in [4.78, 5) is 8.48. The lowest BCUT2D eigenvalue weighted by Gasteiger charge is -2.28. The maximum Gasteiger partial charge on any atom is 0.221 e. The van der Waals surface area contributed by atoms with Crippen LogP contribution in [0.2, 0.25) is 0 Å². The number of hydrogen-bond acceptors (Lipinski definition) is 5. The largest absolute Gasteiger partial charge is 0.474 e. The van der Waals surface area contributed by atoms with E-state index in [0.29, 0.717) is 12.0 Å². The fraction of sp³-hybridized carbons (Fsp3) is 0.714. The molecule has 2 rings (SSSR count). The van der Waals surface area contributed by atoms with Crippen molar-refractivity contribution < 1.29 is 9.47 Å².